The third-order valence-corrected chi connectivity index (χ3v) is 5.92. The fraction of sp³-hybridized carbons (Fsp3) is 0.417. The molecule has 0 spiro atoms. The van der Waals surface area contributed by atoms with Crippen molar-refractivity contribution in [3.05, 3.63) is 23.6 Å². The van der Waals surface area contributed by atoms with E-state index in [0.717, 1.165) is 15.4 Å². The van der Waals surface area contributed by atoms with Crippen molar-refractivity contribution in [2.45, 2.75) is 18.5 Å². The van der Waals surface area contributed by atoms with Crippen molar-refractivity contribution in [3.8, 4) is 10.4 Å². The summed E-state index contributed by atoms with van der Waals surface area (Å²) in [5.74, 6) is -0.980. The summed E-state index contributed by atoms with van der Waals surface area (Å²) < 4.78 is 17.9. The summed E-state index contributed by atoms with van der Waals surface area (Å²) in [4.78, 5) is 16.6. The lowest BCUT2D eigenvalue weighted by atomic mass is 10.1. The number of aromatic nitrogens is 3. The van der Waals surface area contributed by atoms with E-state index in [1.807, 2.05) is 13.2 Å². The zero-order chi connectivity index (χ0) is 15.9. The number of nitrogens with zero attached hydrogens (tertiary/aromatic N) is 4. The molecule has 22 heavy (non-hydrogen) atoms. The predicted octanol–water partition coefficient (Wildman–Crippen LogP) is 0.542. The van der Waals surface area contributed by atoms with Crippen molar-refractivity contribution in [3.63, 3.8) is 0 Å². The first kappa shape index (κ1) is 15.4. The minimum atomic E-state index is -1.54. The summed E-state index contributed by atoms with van der Waals surface area (Å²) in [6.07, 6.45) is 5.68. The fourth-order valence-electron chi connectivity index (χ4n) is 2.28. The molecule has 0 bridgehead atoms. The van der Waals surface area contributed by atoms with Gasteiger partial charge in [-0.15, -0.1) is 16.1 Å². The quantitative estimate of drug-likeness (QED) is 0.785. The van der Waals surface area contributed by atoms with Crippen molar-refractivity contribution in [1.82, 2.24) is 23.8 Å². The molecular formula is C12H15N5O3S2. The van der Waals surface area contributed by atoms with E-state index in [-0.39, 0.29) is 6.04 Å². The Balaban J connectivity index is 1.82. The lowest BCUT2D eigenvalue weighted by Gasteiger charge is -2.33. The number of carboxylic acid groups (broad SMARTS) is 1. The molecule has 2 aromatic heterocycles. The van der Waals surface area contributed by atoms with Crippen LogP contribution in [0.25, 0.3) is 10.4 Å². The number of aliphatic carboxylic acids is 1. The molecule has 1 saturated heterocycles. The lowest BCUT2D eigenvalue weighted by molar-refractivity contribution is -0.141. The molecule has 1 aliphatic heterocycles. The van der Waals surface area contributed by atoms with Gasteiger partial charge in [-0.2, -0.15) is 5.10 Å². The van der Waals surface area contributed by atoms with Gasteiger partial charge in [0.05, 0.1) is 11.1 Å². The van der Waals surface area contributed by atoms with Crippen LogP contribution in [0.1, 0.15) is 17.5 Å². The maximum Gasteiger partial charge on any atom is 0.325 e. The van der Waals surface area contributed by atoms with E-state index in [2.05, 4.69) is 14.8 Å². The standard InChI is InChI=1S/C12H15N5O3S2/c1-16-6-7(4-14-16)10-5-13-11(21-10)8-3-9(12(18)19)17(2)22(20)15-8/h4-6,8-9,15H,3H2,1-2H3,(H,18,19). The average Bonchev–Trinajstić information content (AvgIpc) is 3.10. The van der Waals surface area contributed by atoms with E-state index in [0.29, 0.717) is 6.42 Å². The number of likely N-dealkylation sites (N-methyl/N-ethyl adjacent to an activating group) is 1. The van der Waals surface area contributed by atoms with Crippen LogP contribution in [0.3, 0.4) is 0 Å². The molecule has 1 aliphatic rings. The predicted molar refractivity (Wildman–Crippen MR) is 82.1 cm³/mol. The Morgan fingerprint density at radius 1 is 1.55 bits per heavy atom. The second-order valence-electron chi connectivity index (χ2n) is 5.02. The van der Waals surface area contributed by atoms with E-state index < -0.39 is 23.6 Å². The number of hydrogen-bond donors (Lipinski definition) is 2. The minimum Gasteiger partial charge on any atom is -0.579 e. The maximum absolute atomic E-state index is 12.0. The highest BCUT2D eigenvalue weighted by atomic mass is 32.2. The molecule has 0 saturated carbocycles. The Kier molecular flexibility index (Phi) is 4.19. The topological polar surface area (TPSA) is 106 Å². The fourth-order valence-corrected chi connectivity index (χ4v) is 4.33. The molecule has 8 nitrogen and oxygen atoms in total. The molecule has 0 radical (unpaired) electrons. The zero-order valence-electron chi connectivity index (χ0n) is 12.0. The third kappa shape index (κ3) is 2.88. The Hall–Kier alpha value is -1.46. The van der Waals surface area contributed by atoms with Crippen LogP contribution in [0, 0.1) is 0 Å². The second kappa shape index (κ2) is 5.97. The van der Waals surface area contributed by atoms with Crippen LogP contribution in [0.4, 0.5) is 0 Å². The van der Waals surface area contributed by atoms with E-state index in [1.165, 1.54) is 22.7 Å². The molecule has 0 aliphatic carbocycles. The van der Waals surface area contributed by atoms with E-state index in [4.69, 9.17) is 0 Å². The van der Waals surface area contributed by atoms with Gasteiger partial charge in [0.15, 0.2) is 6.04 Å². The molecule has 2 aromatic rings. The Labute approximate surface area is 134 Å². The molecule has 3 rings (SSSR count). The van der Waals surface area contributed by atoms with Crippen LogP contribution in [0.2, 0.25) is 0 Å². The van der Waals surface area contributed by atoms with Crippen molar-refractivity contribution in [1.29, 1.82) is 0 Å². The van der Waals surface area contributed by atoms with Crippen molar-refractivity contribution < 1.29 is 14.5 Å². The monoisotopic (exact) mass is 341 g/mol. The van der Waals surface area contributed by atoms with Gasteiger partial charge in [0.1, 0.15) is 22.6 Å². The first-order chi connectivity index (χ1) is 10.5. The van der Waals surface area contributed by atoms with Gasteiger partial charge >= 0.3 is 5.97 Å². The van der Waals surface area contributed by atoms with Crippen molar-refractivity contribution >= 4 is 28.9 Å². The summed E-state index contributed by atoms with van der Waals surface area (Å²) in [6, 6.07) is -1.13. The minimum absolute atomic E-state index is 0.317. The maximum atomic E-state index is 12.0. The molecule has 2 N–H and O–H groups in total. The van der Waals surface area contributed by atoms with Crippen molar-refractivity contribution in [2.75, 3.05) is 7.05 Å². The van der Waals surface area contributed by atoms with Gasteiger partial charge in [-0.1, -0.05) is 4.31 Å². The molecular weight excluding hydrogens is 326 g/mol. The number of rotatable bonds is 3. The van der Waals surface area contributed by atoms with Gasteiger partial charge in [-0.05, 0) is 0 Å². The largest absolute Gasteiger partial charge is 0.579 e. The van der Waals surface area contributed by atoms with E-state index in [9.17, 15) is 14.5 Å². The molecule has 3 unspecified atom stereocenters. The molecule has 10 heteroatoms. The van der Waals surface area contributed by atoms with Gasteiger partial charge < -0.3 is 9.66 Å². The van der Waals surface area contributed by atoms with Crippen LogP contribution in [-0.2, 0) is 23.4 Å². The number of nitrogens with one attached hydrogen (secondary N) is 1. The summed E-state index contributed by atoms with van der Waals surface area (Å²) in [5, 5.41) is 14.1. The van der Waals surface area contributed by atoms with Crippen LogP contribution in [0.15, 0.2) is 18.6 Å². The van der Waals surface area contributed by atoms with E-state index in [1.54, 1.807) is 17.1 Å². The van der Waals surface area contributed by atoms with Gasteiger partial charge in [0, 0.05) is 38.5 Å². The molecule has 3 heterocycles. The van der Waals surface area contributed by atoms with Crippen LogP contribution >= 0.6 is 11.3 Å². The van der Waals surface area contributed by atoms with Gasteiger partial charge in [-0.25, -0.2) is 4.98 Å². The highest BCUT2D eigenvalue weighted by molar-refractivity contribution is 7.87. The summed E-state index contributed by atoms with van der Waals surface area (Å²) >= 11 is -0.0946. The Bertz CT molecular complexity index is 688. The molecule has 0 amide bonds. The Morgan fingerprint density at radius 2 is 2.32 bits per heavy atom. The zero-order valence-corrected chi connectivity index (χ0v) is 13.6. The van der Waals surface area contributed by atoms with Crippen LogP contribution in [0.5, 0.6) is 0 Å². The number of hydrogen-bond acceptors (Lipinski definition) is 7. The highest BCUT2D eigenvalue weighted by Crippen LogP contribution is 2.33. The summed E-state index contributed by atoms with van der Waals surface area (Å²) in [6.45, 7) is 0. The number of carboxylic acids is 1. The first-order valence-corrected chi connectivity index (χ1v) is 8.46. The normalized spacial score (nSPS) is 26.2. The Morgan fingerprint density at radius 3 is 2.95 bits per heavy atom. The summed E-state index contributed by atoms with van der Waals surface area (Å²) in [7, 11) is 3.37. The van der Waals surface area contributed by atoms with E-state index >= 15 is 0 Å². The first-order valence-electron chi connectivity index (χ1n) is 6.54. The molecule has 3 atom stereocenters. The average molecular weight is 341 g/mol. The highest BCUT2D eigenvalue weighted by Gasteiger charge is 2.42. The molecule has 0 aromatic carbocycles. The summed E-state index contributed by atoms with van der Waals surface area (Å²) in [5.41, 5.74) is 0.954. The lowest BCUT2D eigenvalue weighted by Crippen LogP contribution is -2.54. The van der Waals surface area contributed by atoms with Crippen molar-refractivity contribution in [2.24, 2.45) is 7.05 Å². The third-order valence-electron chi connectivity index (χ3n) is 3.50. The second-order valence-corrected chi connectivity index (χ2v) is 7.39. The molecule has 118 valence electrons. The smallest absolute Gasteiger partial charge is 0.325 e. The van der Waals surface area contributed by atoms with Crippen LogP contribution < -0.4 is 4.72 Å². The van der Waals surface area contributed by atoms with Gasteiger partial charge in [0.25, 0.3) is 0 Å². The SMILES string of the molecule is CN1C(C(=O)O)CC(c2ncc(-c3cnn(C)c3)s2)N[S+]1[O-]. The molecule has 1 fully saturated rings. The number of carbonyl (C=O) groups is 1. The van der Waals surface area contributed by atoms with Gasteiger partial charge in [0.2, 0.25) is 0 Å². The number of aryl methyl sites for hydroxylation is 1. The van der Waals surface area contributed by atoms with Crippen LogP contribution in [-0.4, -0.2) is 47.8 Å². The van der Waals surface area contributed by atoms with Gasteiger partial charge in [-0.3, -0.25) is 9.48 Å². The number of thiazole rings is 1.